The van der Waals surface area contributed by atoms with Crippen LogP contribution in [-0.2, 0) is 11.3 Å². The van der Waals surface area contributed by atoms with E-state index in [1.807, 2.05) is 11.0 Å². The minimum absolute atomic E-state index is 0.0502. The number of methoxy groups -OCH3 is 1. The Hall–Kier alpha value is -2.60. The Morgan fingerprint density at radius 3 is 2.57 bits per heavy atom. The maximum absolute atomic E-state index is 13.6. The van der Waals surface area contributed by atoms with Crippen molar-refractivity contribution in [2.45, 2.75) is 39.3 Å². The summed E-state index contributed by atoms with van der Waals surface area (Å²) in [7, 11) is 1.60. The van der Waals surface area contributed by atoms with E-state index in [4.69, 9.17) is 4.74 Å². The monoisotopic (exact) mass is 411 g/mol. The van der Waals surface area contributed by atoms with Crippen molar-refractivity contribution in [3.05, 3.63) is 58.7 Å². The molecule has 0 radical (unpaired) electrons. The highest BCUT2D eigenvalue weighted by atomic mass is 19.1. The number of aryl methyl sites for hydroxylation is 1. The fourth-order valence-electron chi connectivity index (χ4n) is 4.37. The molecule has 1 aromatic heterocycles. The number of hydrogen-bond acceptors (Lipinski definition) is 3. The molecule has 6 heteroatoms. The van der Waals surface area contributed by atoms with Crippen LogP contribution >= 0.6 is 0 Å². The van der Waals surface area contributed by atoms with Crippen LogP contribution in [0.25, 0.3) is 6.08 Å². The zero-order valence-electron chi connectivity index (χ0n) is 18.0. The molecular formula is C24H30FN3O2. The molecule has 1 aliphatic carbocycles. The average molecular weight is 412 g/mol. The van der Waals surface area contributed by atoms with E-state index < -0.39 is 0 Å². The third kappa shape index (κ3) is 4.43. The van der Waals surface area contributed by atoms with Gasteiger partial charge in [0.1, 0.15) is 11.6 Å². The highest BCUT2D eigenvalue weighted by molar-refractivity contribution is 5.92. The van der Waals surface area contributed by atoms with Crippen molar-refractivity contribution in [1.29, 1.82) is 0 Å². The van der Waals surface area contributed by atoms with Gasteiger partial charge in [-0.2, -0.15) is 0 Å². The summed E-state index contributed by atoms with van der Waals surface area (Å²) >= 11 is 0. The molecule has 2 fully saturated rings. The van der Waals surface area contributed by atoms with Crippen molar-refractivity contribution in [3.8, 4) is 5.75 Å². The average Bonchev–Trinajstić information content (AvgIpc) is 3.52. The number of aromatic nitrogens is 1. The molecular weight excluding hydrogens is 381 g/mol. The Bertz CT molecular complexity index is 954. The molecule has 2 aromatic rings. The van der Waals surface area contributed by atoms with Crippen molar-refractivity contribution in [2.75, 3.05) is 33.3 Å². The molecule has 0 spiro atoms. The molecule has 160 valence electrons. The lowest BCUT2D eigenvalue weighted by Gasteiger charge is -2.34. The molecule has 0 atom stereocenters. The number of hydrogen-bond donors (Lipinski definition) is 0. The van der Waals surface area contributed by atoms with Gasteiger partial charge in [-0.25, -0.2) is 4.39 Å². The number of halogens is 1. The van der Waals surface area contributed by atoms with Gasteiger partial charge in [-0.15, -0.1) is 0 Å². The summed E-state index contributed by atoms with van der Waals surface area (Å²) in [5.41, 5.74) is 4.48. The fourth-order valence-corrected chi connectivity index (χ4v) is 4.37. The van der Waals surface area contributed by atoms with Gasteiger partial charge in [-0.1, -0.05) is 0 Å². The molecule has 4 rings (SSSR count). The number of carbonyl (C=O) groups excluding carboxylic acids is 1. The molecule has 0 bridgehead atoms. The molecule has 30 heavy (non-hydrogen) atoms. The zero-order valence-corrected chi connectivity index (χ0v) is 18.0. The van der Waals surface area contributed by atoms with Crippen molar-refractivity contribution >= 4 is 12.0 Å². The van der Waals surface area contributed by atoms with Gasteiger partial charge in [-0.3, -0.25) is 9.69 Å². The van der Waals surface area contributed by atoms with Gasteiger partial charge in [0.2, 0.25) is 5.91 Å². The highest BCUT2D eigenvalue weighted by Crippen LogP contribution is 2.38. The van der Waals surface area contributed by atoms with Gasteiger partial charge in [0.15, 0.2) is 0 Å². The second-order valence-electron chi connectivity index (χ2n) is 8.32. The number of rotatable bonds is 6. The molecule has 2 aliphatic rings. The van der Waals surface area contributed by atoms with E-state index in [2.05, 4.69) is 29.4 Å². The first-order chi connectivity index (χ1) is 14.5. The number of carbonyl (C=O) groups is 1. The van der Waals surface area contributed by atoms with Gasteiger partial charge < -0.3 is 14.2 Å². The first kappa shape index (κ1) is 20.7. The lowest BCUT2D eigenvalue weighted by Crippen LogP contribution is -2.47. The number of nitrogens with zero attached hydrogens (tertiary/aromatic N) is 3. The zero-order chi connectivity index (χ0) is 21.3. The van der Waals surface area contributed by atoms with E-state index in [-0.39, 0.29) is 11.7 Å². The molecule has 0 unspecified atom stereocenters. The second-order valence-corrected chi connectivity index (χ2v) is 8.32. The van der Waals surface area contributed by atoms with Crippen molar-refractivity contribution in [1.82, 2.24) is 14.4 Å². The topological polar surface area (TPSA) is 37.7 Å². The minimum atomic E-state index is -0.259. The number of amides is 1. The van der Waals surface area contributed by atoms with E-state index in [0.29, 0.717) is 31.4 Å². The van der Waals surface area contributed by atoms with E-state index in [0.717, 1.165) is 24.2 Å². The van der Waals surface area contributed by atoms with Crippen LogP contribution in [0.2, 0.25) is 0 Å². The highest BCUT2D eigenvalue weighted by Gasteiger charge is 2.26. The largest absolute Gasteiger partial charge is 0.496 e. The maximum Gasteiger partial charge on any atom is 0.246 e. The van der Waals surface area contributed by atoms with E-state index >= 15 is 0 Å². The predicted octanol–water partition coefficient (Wildman–Crippen LogP) is 3.95. The standard InChI is InChI=1S/C24H30FN3O2/c1-17-14-19(18(2)28(17)22-6-7-22)4-9-24(29)27-12-10-26(11-13-27)16-20-15-21(25)5-8-23(20)30-3/h4-5,8-9,14-15,22H,6-7,10-13,16H2,1-3H3/b9-4+. The van der Waals surface area contributed by atoms with Crippen LogP contribution in [0.4, 0.5) is 4.39 Å². The predicted molar refractivity (Wildman–Crippen MR) is 116 cm³/mol. The maximum atomic E-state index is 13.6. The number of benzene rings is 1. The second kappa shape index (κ2) is 8.64. The van der Waals surface area contributed by atoms with Gasteiger partial charge in [0.05, 0.1) is 7.11 Å². The minimum Gasteiger partial charge on any atom is -0.496 e. The lowest BCUT2D eigenvalue weighted by molar-refractivity contribution is -0.127. The fraction of sp³-hybridized carbons (Fsp3) is 0.458. The Kier molecular flexibility index (Phi) is 5.95. The summed E-state index contributed by atoms with van der Waals surface area (Å²) in [5.74, 6) is 0.488. The summed E-state index contributed by atoms with van der Waals surface area (Å²) in [6.07, 6.45) is 6.16. The third-order valence-electron chi connectivity index (χ3n) is 6.16. The smallest absolute Gasteiger partial charge is 0.246 e. The van der Waals surface area contributed by atoms with Crippen molar-refractivity contribution in [2.24, 2.45) is 0 Å². The van der Waals surface area contributed by atoms with Gasteiger partial charge in [-0.05, 0) is 62.6 Å². The summed E-state index contributed by atoms with van der Waals surface area (Å²) in [6.45, 7) is 7.74. The van der Waals surface area contributed by atoms with Crippen LogP contribution in [0.3, 0.4) is 0 Å². The molecule has 1 saturated heterocycles. The van der Waals surface area contributed by atoms with E-state index in [1.165, 1.54) is 36.4 Å². The van der Waals surface area contributed by atoms with Crippen LogP contribution < -0.4 is 4.74 Å². The van der Waals surface area contributed by atoms with Crippen molar-refractivity contribution in [3.63, 3.8) is 0 Å². The summed E-state index contributed by atoms with van der Waals surface area (Å²) < 4.78 is 21.3. The van der Waals surface area contributed by atoms with Crippen LogP contribution in [0, 0.1) is 19.7 Å². The van der Waals surface area contributed by atoms with E-state index in [9.17, 15) is 9.18 Å². The van der Waals surface area contributed by atoms with Gasteiger partial charge in [0.25, 0.3) is 0 Å². The summed E-state index contributed by atoms with van der Waals surface area (Å²) in [6, 6.07) is 7.41. The van der Waals surface area contributed by atoms with Crippen LogP contribution in [-0.4, -0.2) is 53.6 Å². The summed E-state index contributed by atoms with van der Waals surface area (Å²) in [4.78, 5) is 16.8. The Morgan fingerprint density at radius 2 is 1.90 bits per heavy atom. The molecule has 1 aliphatic heterocycles. The quantitative estimate of drug-likeness (QED) is 0.676. The number of piperazine rings is 1. The first-order valence-corrected chi connectivity index (χ1v) is 10.7. The Labute approximate surface area is 177 Å². The Morgan fingerprint density at radius 1 is 1.17 bits per heavy atom. The Balaban J connectivity index is 1.33. The SMILES string of the molecule is COc1ccc(F)cc1CN1CCN(C(=O)/C=C/c2cc(C)n(C3CC3)c2C)CC1. The lowest BCUT2D eigenvalue weighted by atomic mass is 10.1. The van der Waals surface area contributed by atoms with Crippen LogP contribution in [0.1, 0.15) is 41.4 Å². The van der Waals surface area contributed by atoms with Crippen LogP contribution in [0.15, 0.2) is 30.3 Å². The third-order valence-corrected chi connectivity index (χ3v) is 6.16. The molecule has 5 nitrogen and oxygen atoms in total. The van der Waals surface area contributed by atoms with Crippen molar-refractivity contribution < 1.29 is 13.9 Å². The number of ether oxygens (including phenoxy) is 1. The molecule has 1 saturated carbocycles. The molecule has 1 aromatic carbocycles. The molecule has 1 amide bonds. The molecule has 0 N–H and O–H groups in total. The molecule has 2 heterocycles. The van der Waals surface area contributed by atoms with Crippen LogP contribution in [0.5, 0.6) is 5.75 Å². The van der Waals surface area contributed by atoms with Gasteiger partial charge in [0, 0.05) is 61.8 Å². The normalized spacial score (nSPS) is 17.7. The summed E-state index contributed by atoms with van der Waals surface area (Å²) in [5, 5.41) is 0. The van der Waals surface area contributed by atoms with Gasteiger partial charge >= 0.3 is 0 Å². The van der Waals surface area contributed by atoms with E-state index in [1.54, 1.807) is 19.3 Å². The first-order valence-electron chi connectivity index (χ1n) is 10.7.